The van der Waals surface area contributed by atoms with Crippen molar-refractivity contribution < 1.29 is 4.79 Å². The van der Waals surface area contributed by atoms with Gasteiger partial charge in [0.2, 0.25) is 0 Å². The zero-order chi connectivity index (χ0) is 13.8. The summed E-state index contributed by atoms with van der Waals surface area (Å²) in [6, 6.07) is 13.8. The van der Waals surface area contributed by atoms with Crippen LogP contribution in [0, 0.1) is 0 Å². The molecule has 0 radical (unpaired) electrons. The Bertz CT molecular complexity index is 521. The number of Topliss-reactive ketones (excluding diaryl/α,β-unsaturated/α-hetero) is 1. The zero-order valence-electron chi connectivity index (χ0n) is 11.5. The Morgan fingerprint density at radius 2 is 1.79 bits per heavy atom. The first-order valence-electron chi connectivity index (χ1n) is 6.46. The average Bonchev–Trinajstić information content (AvgIpc) is 2.99. The van der Waals surface area contributed by atoms with Gasteiger partial charge in [-0.3, -0.25) is 9.69 Å². The van der Waals surface area contributed by atoms with Crippen LogP contribution in [0.1, 0.15) is 35.1 Å². The van der Waals surface area contributed by atoms with Crippen LogP contribution in [-0.4, -0.2) is 23.8 Å². The first-order chi connectivity index (χ1) is 9.11. The van der Waals surface area contributed by atoms with E-state index in [1.807, 2.05) is 50.4 Å². The van der Waals surface area contributed by atoms with E-state index in [0.717, 1.165) is 5.56 Å². The van der Waals surface area contributed by atoms with Gasteiger partial charge in [-0.1, -0.05) is 36.4 Å². The number of nitrogens with zero attached hydrogens (tertiary/aromatic N) is 1. The molecule has 0 N–H and O–H groups in total. The van der Waals surface area contributed by atoms with E-state index in [4.69, 9.17) is 0 Å². The van der Waals surface area contributed by atoms with Crippen LogP contribution in [0.25, 0.3) is 0 Å². The largest absolute Gasteiger partial charge is 0.292 e. The van der Waals surface area contributed by atoms with E-state index in [1.165, 1.54) is 4.88 Å². The van der Waals surface area contributed by atoms with Gasteiger partial charge in [0, 0.05) is 16.5 Å². The molecule has 2 unspecified atom stereocenters. The van der Waals surface area contributed by atoms with Crippen molar-refractivity contribution in [3.05, 3.63) is 58.3 Å². The summed E-state index contributed by atoms with van der Waals surface area (Å²) in [7, 11) is 2.01. The highest BCUT2D eigenvalue weighted by Gasteiger charge is 2.24. The lowest BCUT2D eigenvalue weighted by Crippen LogP contribution is -2.37. The molecule has 2 nitrogen and oxygen atoms in total. The van der Waals surface area contributed by atoms with E-state index in [2.05, 4.69) is 23.3 Å². The highest BCUT2D eigenvalue weighted by molar-refractivity contribution is 7.10. The summed E-state index contributed by atoms with van der Waals surface area (Å²) in [5, 5.41) is 2.07. The van der Waals surface area contributed by atoms with Gasteiger partial charge in [0.15, 0.2) is 5.78 Å². The molecule has 100 valence electrons. The van der Waals surface area contributed by atoms with Crippen LogP contribution in [0.3, 0.4) is 0 Å². The molecule has 0 fully saturated rings. The van der Waals surface area contributed by atoms with Crippen LogP contribution in [0.5, 0.6) is 0 Å². The number of hydrogen-bond acceptors (Lipinski definition) is 3. The van der Waals surface area contributed by atoms with Gasteiger partial charge in [-0.25, -0.2) is 0 Å². The normalized spacial score (nSPS) is 14.3. The van der Waals surface area contributed by atoms with E-state index < -0.39 is 0 Å². The first-order valence-corrected chi connectivity index (χ1v) is 7.34. The highest BCUT2D eigenvalue weighted by atomic mass is 32.1. The fraction of sp³-hybridized carbons (Fsp3) is 0.312. The third-order valence-corrected chi connectivity index (χ3v) is 4.66. The molecule has 2 aromatic rings. The zero-order valence-corrected chi connectivity index (χ0v) is 12.4. The third-order valence-electron chi connectivity index (χ3n) is 3.61. The van der Waals surface area contributed by atoms with Gasteiger partial charge >= 0.3 is 0 Å². The second-order valence-corrected chi connectivity index (χ2v) is 5.74. The van der Waals surface area contributed by atoms with Crippen molar-refractivity contribution in [2.75, 3.05) is 7.05 Å². The Kier molecular flexibility index (Phi) is 4.51. The molecule has 0 amide bonds. The Morgan fingerprint density at radius 1 is 1.11 bits per heavy atom. The van der Waals surface area contributed by atoms with E-state index in [9.17, 15) is 4.79 Å². The average molecular weight is 273 g/mol. The second kappa shape index (κ2) is 6.13. The lowest BCUT2D eigenvalue weighted by Gasteiger charge is -2.29. The minimum Gasteiger partial charge on any atom is -0.292 e. The molecular weight excluding hydrogens is 254 g/mol. The summed E-state index contributed by atoms with van der Waals surface area (Å²) in [5.41, 5.74) is 0.778. The van der Waals surface area contributed by atoms with Gasteiger partial charge in [0.1, 0.15) is 0 Å². The van der Waals surface area contributed by atoms with E-state index in [-0.39, 0.29) is 17.9 Å². The van der Waals surface area contributed by atoms with E-state index in [1.54, 1.807) is 11.3 Å². The lowest BCUT2D eigenvalue weighted by atomic mass is 10.0. The maximum atomic E-state index is 12.4. The SMILES string of the molecule is CC(C(=O)c1ccccc1)N(C)C(C)c1cccs1. The molecule has 19 heavy (non-hydrogen) atoms. The molecule has 0 aliphatic carbocycles. The number of thiophene rings is 1. The number of rotatable bonds is 5. The van der Waals surface area contributed by atoms with Crippen LogP contribution in [0.15, 0.2) is 47.8 Å². The van der Waals surface area contributed by atoms with E-state index in [0.29, 0.717) is 0 Å². The quantitative estimate of drug-likeness (QED) is 0.767. The molecule has 0 spiro atoms. The minimum atomic E-state index is -0.125. The Labute approximate surface area is 118 Å². The molecule has 3 heteroatoms. The Balaban J connectivity index is 2.11. The molecule has 0 aliphatic heterocycles. The van der Waals surface area contributed by atoms with Gasteiger partial charge in [0.25, 0.3) is 0 Å². The Hall–Kier alpha value is -1.45. The molecular formula is C16H19NOS. The van der Waals surface area contributed by atoms with Gasteiger partial charge in [-0.15, -0.1) is 11.3 Å². The molecule has 1 heterocycles. The molecule has 2 rings (SSSR count). The summed E-state index contributed by atoms with van der Waals surface area (Å²) in [6.07, 6.45) is 0. The minimum absolute atomic E-state index is 0.125. The van der Waals surface area contributed by atoms with Crippen molar-refractivity contribution in [1.29, 1.82) is 0 Å². The van der Waals surface area contributed by atoms with Gasteiger partial charge in [0.05, 0.1) is 6.04 Å². The van der Waals surface area contributed by atoms with Crippen molar-refractivity contribution in [2.24, 2.45) is 0 Å². The number of carbonyl (C=O) groups is 1. The summed E-state index contributed by atoms with van der Waals surface area (Å²) >= 11 is 1.73. The van der Waals surface area contributed by atoms with Crippen molar-refractivity contribution in [1.82, 2.24) is 4.90 Å². The number of benzene rings is 1. The summed E-state index contributed by atoms with van der Waals surface area (Å²) in [4.78, 5) is 15.8. The van der Waals surface area contributed by atoms with Gasteiger partial charge < -0.3 is 0 Å². The fourth-order valence-corrected chi connectivity index (χ4v) is 2.93. The molecule has 0 aliphatic rings. The van der Waals surface area contributed by atoms with Crippen LogP contribution in [0.4, 0.5) is 0 Å². The number of likely N-dealkylation sites (N-methyl/N-ethyl adjacent to an activating group) is 1. The van der Waals surface area contributed by atoms with Crippen molar-refractivity contribution >= 4 is 17.1 Å². The van der Waals surface area contributed by atoms with Crippen LogP contribution >= 0.6 is 11.3 Å². The topological polar surface area (TPSA) is 20.3 Å². The van der Waals surface area contributed by atoms with Gasteiger partial charge in [-0.05, 0) is 32.3 Å². The van der Waals surface area contributed by atoms with Crippen LogP contribution in [0.2, 0.25) is 0 Å². The molecule has 0 saturated heterocycles. The monoisotopic (exact) mass is 273 g/mol. The number of hydrogen-bond donors (Lipinski definition) is 0. The molecule has 0 bridgehead atoms. The Morgan fingerprint density at radius 3 is 2.37 bits per heavy atom. The standard InChI is InChI=1S/C16H19NOS/c1-12(15-10-7-11-19-15)17(3)13(2)16(18)14-8-5-4-6-9-14/h4-13H,1-3H3. The third kappa shape index (κ3) is 3.11. The molecule has 1 aromatic heterocycles. The van der Waals surface area contributed by atoms with Gasteiger partial charge in [-0.2, -0.15) is 0 Å². The smallest absolute Gasteiger partial charge is 0.179 e. The fourth-order valence-electron chi connectivity index (χ4n) is 2.09. The predicted molar refractivity (Wildman–Crippen MR) is 80.7 cm³/mol. The number of carbonyl (C=O) groups excluding carboxylic acids is 1. The van der Waals surface area contributed by atoms with Crippen LogP contribution in [-0.2, 0) is 0 Å². The van der Waals surface area contributed by atoms with Crippen molar-refractivity contribution in [3.8, 4) is 0 Å². The van der Waals surface area contributed by atoms with Crippen LogP contribution < -0.4 is 0 Å². The summed E-state index contributed by atoms with van der Waals surface area (Å²) in [5.74, 6) is 0.173. The molecule has 2 atom stereocenters. The predicted octanol–water partition coefficient (Wildman–Crippen LogP) is 4.01. The van der Waals surface area contributed by atoms with Crippen molar-refractivity contribution in [2.45, 2.75) is 25.9 Å². The first kappa shape index (κ1) is 14.0. The number of ketones is 1. The summed E-state index contributed by atoms with van der Waals surface area (Å²) < 4.78 is 0. The highest BCUT2D eigenvalue weighted by Crippen LogP contribution is 2.25. The second-order valence-electron chi connectivity index (χ2n) is 4.76. The molecule has 1 aromatic carbocycles. The molecule has 0 saturated carbocycles. The maximum Gasteiger partial charge on any atom is 0.179 e. The maximum absolute atomic E-state index is 12.4. The summed E-state index contributed by atoms with van der Waals surface area (Å²) in [6.45, 7) is 4.11. The van der Waals surface area contributed by atoms with E-state index >= 15 is 0 Å². The lowest BCUT2D eigenvalue weighted by molar-refractivity contribution is 0.0828. The van der Waals surface area contributed by atoms with Crippen molar-refractivity contribution in [3.63, 3.8) is 0 Å².